The van der Waals surface area contributed by atoms with Gasteiger partial charge in [-0.2, -0.15) is 25.6 Å². The Balaban J connectivity index is 1.49. The largest absolute Gasteiger partial charge is 0.495 e. The number of rotatable bonds is 4. The van der Waals surface area contributed by atoms with Crippen molar-refractivity contribution in [3.8, 4) is 24.3 Å². The molecule has 2 aromatic carbocycles. The molecule has 2 aliphatic carbocycles. The zero-order valence-electron chi connectivity index (χ0n) is 27.9. The van der Waals surface area contributed by atoms with Gasteiger partial charge in [0, 0.05) is 69.4 Å². The third kappa shape index (κ3) is 4.31. The molecule has 48 heavy (non-hydrogen) atoms. The monoisotopic (exact) mass is 629 g/mol. The Morgan fingerprint density at radius 1 is 0.854 bits per heavy atom. The van der Waals surface area contributed by atoms with Gasteiger partial charge in [0.2, 0.25) is 5.69 Å². The minimum absolute atomic E-state index is 0.124. The van der Waals surface area contributed by atoms with Crippen LogP contribution in [0.4, 0.5) is 11.4 Å². The number of ether oxygens (including phenoxy) is 1. The molecule has 0 N–H and O–H groups in total. The van der Waals surface area contributed by atoms with E-state index in [0.29, 0.717) is 33.6 Å². The number of hydrogen-bond donors (Lipinski definition) is 0. The Bertz CT molecular complexity index is 2230. The van der Waals surface area contributed by atoms with Crippen molar-refractivity contribution in [2.24, 2.45) is 5.92 Å². The molecule has 0 saturated heterocycles. The van der Waals surface area contributed by atoms with Gasteiger partial charge in [0.15, 0.2) is 11.5 Å². The lowest BCUT2D eigenvalue weighted by Gasteiger charge is -2.35. The van der Waals surface area contributed by atoms with Gasteiger partial charge >= 0.3 is 0 Å². The standard InChI is InChI=1S/C40H33N6O2/c1-39(2)29-12-8-10-14-31(29)45(5)33(39)17-26-35(23(19-41)20-42)25(37(26)47)16-27-36(24(21-43)22-44)28(38(27)48-7)18-34-40(3,4)30-13-9-11-15-32(30)46(34)6/h8-18,25H,1-7H3/q+1/b26-17-,27-16-,34-18-. The average Bonchev–Trinajstić information content (AvgIpc) is 3.40. The third-order valence-electron chi connectivity index (χ3n) is 10.1. The van der Waals surface area contributed by atoms with Crippen LogP contribution in [0, 0.1) is 51.2 Å². The van der Waals surface area contributed by atoms with Crippen LogP contribution in [0.3, 0.4) is 0 Å². The Morgan fingerprint density at radius 3 is 2.04 bits per heavy atom. The summed E-state index contributed by atoms with van der Waals surface area (Å²) in [5, 5.41) is 39.9. The van der Waals surface area contributed by atoms with Crippen LogP contribution >= 0.6 is 0 Å². The molecule has 4 aliphatic rings. The average molecular weight is 630 g/mol. The number of likely N-dealkylation sites (N-methyl/N-ethyl adjacent to an activating group) is 1. The highest BCUT2D eigenvalue weighted by Crippen LogP contribution is 2.52. The first-order valence-corrected chi connectivity index (χ1v) is 15.5. The van der Waals surface area contributed by atoms with Gasteiger partial charge in [-0.3, -0.25) is 4.79 Å². The first kappa shape index (κ1) is 31.7. The second-order valence-electron chi connectivity index (χ2n) is 13.2. The van der Waals surface area contributed by atoms with Gasteiger partial charge in [-0.15, -0.1) is 0 Å². The highest BCUT2D eigenvalue weighted by molar-refractivity contribution is 6.19. The first-order valence-electron chi connectivity index (χ1n) is 15.5. The normalized spacial score (nSPS) is 22.4. The second kappa shape index (κ2) is 11.2. The van der Waals surface area contributed by atoms with E-state index in [2.05, 4.69) is 44.7 Å². The van der Waals surface area contributed by atoms with Crippen LogP contribution in [0.2, 0.25) is 0 Å². The zero-order valence-corrected chi connectivity index (χ0v) is 27.9. The van der Waals surface area contributed by atoms with Crippen LogP contribution in [-0.2, 0) is 20.4 Å². The number of fused-ring (bicyclic) bond motifs is 2. The Kier molecular flexibility index (Phi) is 7.43. The minimum atomic E-state index is -0.943. The number of carbonyl (C=O) groups excluding carboxylic acids is 1. The quantitative estimate of drug-likeness (QED) is 0.210. The molecular weight excluding hydrogens is 596 g/mol. The lowest BCUT2D eigenvalue weighted by Crippen LogP contribution is -2.36. The molecule has 234 valence electrons. The van der Waals surface area contributed by atoms with E-state index in [-0.39, 0.29) is 22.3 Å². The van der Waals surface area contributed by atoms with Crippen LogP contribution in [0.1, 0.15) is 38.8 Å². The van der Waals surface area contributed by atoms with Crippen molar-refractivity contribution >= 4 is 22.9 Å². The zero-order chi connectivity index (χ0) is 34.7. The summed E-state index contributed by atoms with van der Waals surface area (Å²) in [6, 6.07) is 24.1. The number of para-hydroxylation sites is 2. The lowest BCUT2D eigenvalue weighted by atomic mass is 9.66. The molecule has 8 nitrogen and oxygen atoms in total. The summed E-state index contributed by atoms with van der Waals surface area (Å²) in [5.74, 6) is -0.791. The molecule has 2 aromatic rings. The van der Waals surface area contributed by atoms with E-state index in [0.717, 1.165) is 33.9 Å². The van der Waals surface area contributed by atoms with Crippen LogP contribution in [-0.4, -0.2) is 37.3 Å². The fourth-order valence-electron chi connectivity index (χ4n) is 7.60. The maximum atomic E-state index is 14.0. The molecule has 8 heteroatoms. The van der Waals surface area contributed by atoms with Crippen LogP contribution in [0.25, 0.3) is 0 Å². The molecule has 1 unspecified atom stereocenters. The fourth-order valence-corrected chi connectivity index (χ4v) is 7.60. The van der Waals surface area contributed by atoms with Crippen LogP contribution < -0.4 is 4.90 Å². The summed E-state index contributed by atoms with van der Waals surface area (Å²) < 4.78 is 7.88. The van der Waals surface area contributed by atoms with E-state index in [1.165, 1.54) is 7.11 Å². The van der Waals surface area contributed by atoms with Crippen molar-refractivity contribution in [2.75, 3.05) is 26.1 Å². The number of nitriles is 4. The molecule has 0 bridgehead atoms. The molecular formula is C40H33N6O2+. The number of carbonyl (C=O) groups is 1. The lowest BCUT2D eigenvalue weighted by molar-refractivity contribution is -0.401. The van der Waals surface area contributed by atoms with Gasteiger partial charge in [0.05, 0.1) is 18.4 Å². The van der Waals surface area contributed by atoms with E-state index < -0.39 is 11.3 Å². The third-order valence-corrected chi connectivity index (χ3v) is 10.1. The molecule has 6 rings (SSSR count). The molecule has 1 fully saturated rings. The number of ketones is 1. The first-order chi connectivity index (χ1) is 22.9. The number of anilines is 1. The van der Waals surface area contributed by atoms with Crippen molar-refractivity contribution < 1.29 is 14.1 Å². The van der Waals surface area contributed by atoms with Gasteiger partial charge in [-0.05, 0) is 31.6 Å². The van der Waals surface area contributed by atoms with Crippen molar-refractivity contribution in [3.63, 3.8) is 0 Å². The summed E-state index contributed by atoms with van der Waals surface area (Å²) in [4.78, 5) is 16.1. The predicted octanol–water partition coefficient (Wildman–Crippen LogP) is 6.66. The highest BCUT2D eigenvalue weighted by atomic mass is 16.5. The number of allylic oxidation sites excluding steroid dienone is 10. The van der Waals surface area contributed by atoms with Crippen molar-refractivity contribution in [2.45, 2.75) is 38.5 Å². The summed E-state index contributed by atoms with van der Waals surface area (Å²) in [6.45, 7) is 8.39. The Morgan fingerprint density at radius 2 is 1.46 bits per heavy atom. The summed E-state index contributed by atoms with van der Waals surface area (Å²) >= 11 is 0. The van der Waals surface area contributed by atoms with Crippen molar-refractivity contribution in [1.29, 1.82) is 21.0 Å². The van der Waals surface area contributed by atoms with Gasteiger partial charge < -0.3 is 9.64 Å². The summed E-state index contributed by atoms with van der Waals surface area (Å²) in [6.07, 6.45) is 5.34. The number of methoxy groups -OCH3 is 1. The van der Waals surface area contributed by atoms with E-state index in [4.69, 9.17) is 4.74 Å². The second-order valence-corrected chi connectivity index (χ2v) is 13.2. The van der Waals surface area contributed by atoms with Gasteiger partial charge in [0.1, 0.15) is 48.2 Å². The predicted molar refractivity (Wildman–Crippen MR) is 181 cm³/mol. The molecule has 1 atom stereocenters. The molecule has 0 aromatic heterocycles. The summed E-state index contributed by atoms with van der Waals surface area (Å²) in [5.41, 5.74) is 7.00. The van der Waals surface area contributed by atoms with Gasteiger partial charge in [-0.25, -0.2) is 0 Å². The molecule has 2 aliphatic heterocycles. The van der Waals surface area contributed by atoms with Gasteiger partial charge in [-0.1, -0.05) is 56.3 Å². The maximum Gasteiger partial charge on any atom is 0.209 e. The number of benzene rings is 2. The molecule has 0 spiro atoms. The van der Waals surface area contributed by atoms with Gasteiger partial charge in [0.25, 0.3) is 0 Å². The molecule has 0 radical (unpaired) electrons. The Hall–Kier alpha value is -6.22. The summed E-state index contributed by atoms with van der Waals surface area (Å²) in [7, 11) is 5.41. The topological polar surface area (TPSA) is 128 Å². The fraction of sp³-hybridized carbons (Fsp3) is 0.250. The number of hydrogen-bond acceptors (Lipinski definition) is 7. The van der Waals surface area contributed by atoms with Crippen LogP contribution in [0.5, 0.6) is 0 Å². The number of nitrogens with zero attached hydrogens (tertiary/aromatic N) is 6. The van der Waals surface area contributed by atoms with E-state index in [9.17, 15) is 25.8 Å². The van der Waals surface area contributed by atoms with E-state index >= 15 is 0 Å². The molecule has 1 saturated carbocycles. The number of Topliss-reactive ketones (excluding diaryl/α,β-unsaturated/α-hetero) is 1. The Labute approximate surface area is 280 Å². The highest BCUT2D eigenvalue weighted by Gasteiger charge is 2.48. The van der Waals surface area contributed by atoms with Crippen molar-refractivity contribution in [1.82, 2.24) is 0 Å². The van der Waals surface area contributed by atoms with Crippen molar-refractivity contribution in [3.05, 3.63) is 128 Å². The molecule has 0 amide bonds. The van der Waals surface area contributed by atoms with E-state index in [1.807, 2.05) is 85.4 Å². The van der Waals surface area contributed by atoms with Crippen LogP contribution in [0.15, 0.2) is 117 Å². The molecule has 2 heterocycles. The van der Waals surface area contributed by atoms with E-state index in [1.54, 1.807) is 12.2 Å². The SMILES string of the molecule is COC1=C(/C=C2\N(C)c3ccccc3C2(C)C)C(=C(C#N)C#N)/C1=C/C1C(=O)/C(=C\C2=[N+](C)c3ccccc3C2(C)C)C1=C(C#N)C#N. The minimum Gasteiger partial charge on any atom is -0.495 e. The smallest absolute Gasteiger partial charge is 0.209 e. The maximum absolute atomic E-state index is 14.0.